The van der Waals surface area contributed by atoms with Crippen LogP contribution in [0.4, 0.5) is 5.82 Å². The first kappa shape index (κ1) is 12.5. The van der Waals surface area contributed by atoms with Crippen LogP contribution in [0, 0.1) is 0 Å². The predicted molar refractivity (Wildman–Crippen MR) is 60.9 cm³/mol. The molecule has 0 saturated carbocycles. The molecule has 0 bridgehead atoms. The minimum Gasteiger partial charge on any atom is -0.390 e. The van der Waals surface area contributed by atoms with Crippen LogP contribution < -0.4 is 5.73 Å². The molecular weight excluding hydrogens is 238 g/mol. The minimum absolute atomic E-state index is 0.0215. The Balaban J connectivity index is 2.86. The number of nitrogen functional groups attached to an aromatic ring is 1. The van der Waals surface area contributed by atoms with Gasteiger partial charge in [0.1, 0.15) is 22.8 Å². The molecule has 0 radical (unpaired) electrons. The molecule has 0 aliphatic heterocycles. The third-order valence-electron chi connectivity index (χ3n) is 1.87. The summed E-state index contributed by atoms with van der Waals surface area (Å²) in [6, 6.07) is 0. The Labute approximate surface area is 97.7 Å². The zero-order valence-electron chi connectivity index (χ0n) is 7.84. The Morgan fingerprint density at radius 3 is 2.73 bits per heavy atom. The molecule has 0 spiro atoms. The van der Waals surface area contributed by atoms with Gasteiger partial charge in [-0.05, 0) is 12.2 Å². The van der Waals surface area contributed by atoms with Crippen molar-refractivity contribution in [3.05, 3.63) is 17.0 Å². The van der Waals surface area contributed by atoms with E-state index in [-0.39, 0.29) is 16.7 Å². The SMILES string of the molecule is Nc1nc(Cl)cnc1C(O)C(O)CCS. The molecule has 1 heterocycles. The van der Waals surface area contributed by atoms with Gasteiger partial charge in [-0.1, -0.05) is 11.6 Å². The molecular formula is C8H12ClN3O2S. The third kappa shape index (κ3) is 3.20. The number of aromatic nitrogens is 2. The quantitative estimate of drug-likeness (QED) is 0.581. The molecule has 84 valence electrons. The number of thiol groups is 1. The molecule has 2 unspecified atom stereocenters. The van der Waals surface area contributed by atoms with Crippen molar-refractivity contribution in [1.82, 2.24) is 9.97 Å². The van der Waals surface area contributed by atoms with E-state index in [1.165, 1.54) is 6.20 Å². The lowest BCUT2D eigenvalue weighted by atomic mass is 10.1. The summed E-state index contributed by atoms with van der Waals surface area (Å²) in [5, 5.41) is 19.3. The van der Waals surface area contributed by atoms with Crippen LogP contribution in [0.2, 0.25) is 5.15 Å². The number of aliphatic hydroxyl groups excluding tert-OH is 2. The summed E-state index contributed by atoms with van der Waals surface area (Å²) in [5.74, 6) is 0.479. The number of anilines is 1. The lowest BCUT2D eigenvalue weighted by molar-refractivity contribution is 0.0150. The van der Waals surface area contributed by atoms with Gasteiger partial charge in [0.2, 0.25) is 0 Å². The monoisotopic (exact) mass is 249 g/mol. The molecule has 0 aliphatic carbocycles. The van der Waals surface area contributed by atoms with Crippen LogP contribution in [0.1, 0.15) is 18.2 Å². The topological polar surface area (TPSA) is 92.3 Å². The molecule has 5 nitrogen and oxygen atoms in total. The predicted octanol–water partition coefficient (Wildman–Crippen LogP) is 0.426. The van der Waals surface area contributed by atoms with E-state index in [0.29, 0.717) is 12.2 Å². The van der Waals surface area contributed by atoms with E-state index in [0.717, 1.165) is 0 Å². The van der Waals surface area contributed by atoms with E-state index in [4.69, 9.17) is 17.3 Å². The van der Waals surface area contributed by atoms with E-state index in [2.05, 4.69) is 22.6 Å². The van der Waals surface area contributed by atoms with Gasteiger partial charge in [0.15, 0.2) is 0 Å². The highest BCUT2D eigenvalue weighted by Crippen LogP contribution is 2.22. The van der Waals surface area contributed by atoms with Gasteiger partial charge in [-0.2, -0.15) is 12.6 Å². The largest absolute Gasteiger partial charge is 0.390 e. The summed E-state index contributed by atoms with van der Waals surface area (Å²) in [4.78, 5) is 7.55. The van der Waals surface area contributed by atoms with Crippen molar-refractivity contribution in [1.29, 1.82) is 0 Å². The summed E-state index contributed by atoms with van der Waals surface area (Å²) in [6.45, 7) is 0. The highest BCUT2D eigenvalue weighted by Gasteiger charge is 2.22. The molecule has 1 aromatic rings. The molecule has 4 N–H and O–H groups in total. The van der Waals surface area contributed by atoms with Crippen molar-refractivity contribution in [3.63, 3.8) is 0 Å². The van der Waals surface area contributed by atoms with Gasteiger partial charge >= 0.3 is 0 Å². The smallest absolute Gasteiger partial charge is 0.149 e. The molecule has 0 amide bonds. The van der Waals surface area contributed by atoms with E-state index in [9.17, 15) is 10.2 Å². The highest BCUT2D eigenvalue weighted by molar-refractivity contribution is 7.80. The Bertz CT molecular complexity index is 340. The van der Waals surface area contributed by atoms with E-state index in [1.807, 2.05) is 0 Å². The van der Waals surface area contributed by atoms with Crippen molar-refractivity contribution in [2.45, 2.75) is 18.6 Å². The minimum atomic E-state index is -1.16. The number of nitrogens with two attached hydrogens (primary N) is 1. The van der Waals surface area contributed by atoms with Crippen molar-refractivity contribution in [2.24, 2.45) is 0 Å². The van der Waals surface area contributed by atoms with Crippen LogP contribution >= 0.6 is 24.2 Å². The average molecular weight is 250 g/mol. The van der Waals surface area contributed by atoms with Crippen LogP contribution in [0.25, 0.3) is 0 Å². The standard InChI is InChI=1S/C8H12ClN3O2S/c9-5-3-11-6(8(10)12-5)7(14)4(13)1-2-15/h3-4,7,13-15H,1-2H2,(H2,10,12). The molecule has 0 fully saturated rings. The second-order valence-corrected chi connectivity index (χ2v) is 3.82. The maximum atomic E-state index is 9.68. The van der Waals surface area contributed by atoms with Crippen molar-refractivity contribution >= 4 is 30.0 Å². The molecule has 1 aromatic heterocycles. The Hall–Kier alpha value is -0.560. The summed E-state index contributed by atoms with van der Waals surface area (Å²) in [7, 11) is 0. The van der Waals surface area contributed by atoms with E-state index < -0.39 is 12.2 Å². The maximum Gasteiger partial charge on any atom is 0.149 e. The molecule has 1 rings (SSSR count). The first-order valence-electron chi connectivity index (χ1n) is 4.31. The molecule has 0 aliphatic rings. The van der Waals surface area contributed by atoms with Crippen molar-refractivity contribution in [3.8, 4) is 0 Å². The van der Waals surface area contributed by atoms with Crippen molar-refractivity contribution in [2.75, 3.05) is 11.5 Å². The van der Waals surface area contributed by atoms with Crippen LogP contribution in [-0.2, 0) is 0 Å². The maximum absolute atomic E-state index is 9.68. The van der Waals surface area contributed by atoms with E-state index >= 15 is 0 Å². The first-order valence-corrected chi connectivity index (χ1v) is 5.32. The summed E-state index contributed by atoms with van der Waals surface area (Å²) in [5.41, 5.74) is 5.64. The highest BCUT2D eigenvalue weighted by atomic mass is 35.5. The van der Waals surface area contributed by atoms with Crippen LogP contribution in [0.5, 0.6) is 0 Å². The molecule has 0 saturated heterocycles. The number of aliphatic hydroxyl groups is 2. The summed E-state index contributed by atoms with van der Waals surface area (Å²) in [6.07, 6.45) is -0.514. The zero-order chi connectivity index (χ0) is 11.4. The van der Waals surface area contributed by atoms with Gasteiger partial charge in [-0.25, -0.2) is 4.98 Å². The van der Waals surface area contributed by atoms with Crippen LogP contribution in [0.15, 0.2) is 6.20 Å². The fourth-order valence-electron chi connectivity index (χ4n) is 1.09. The number of hydrogen-bond donors (Lipinski definition) is 4. The van der Waals surface area contributed by atoms with Gasteiger partial charge in [-0.3, -0.25) is 4.98 Å². The molecule has 7 heteroatoms. The van der Waals surface area contributed by atoms with Crippen LogP contribution in [0.3, 0.4) is 0 Å². The van der Waals surface area contributed by atoms with E-state index in [1.54, 1.807) is 0 Å². The number of rotatable bonds is 4. The lowest BCUT2D eigenvalue weighted by Crippen LogP contribution is -2.21. The van der Waals surface area contributed by atoms with Gasteiger partial charge in [0, 0.05) is 0 Å². The molecule has 15 heavy (non-hydrogen) atoms. The Kier molecular flexibility index (Phi) is 4.59. The second-order valence-electron chi connectivity index (χ2n) is 2.99. The lowest BCUT2D eigenvalue weighted by Gasteiger charge is -2.17. The normalized spacial score (nSPS) is 14.9. The van der Waals surface area contributed by atoms with Crippen LogP contribution in [-0.4, -0.2) is 32.0 Å². The average Bonchev–Trinajstić information content (AvgIpc) is 2.17. The second kappa shape index (κ2) is 5.50. The first-order chi connectivity index (χ1) is 7.06. The fraction of sp³-hybridized carbons (Fsp3) is 0.500. The van der Waals surface area contributed by atoms with Gasteiger partial charge in [0.05, 0.1) is 12.3 Å². The van der Waals surface area contributed by atoms with Gasteiger partial charge in [-0.15, -0.1) is 0 Å². The van der Waals surface area contributed by atoms with Gasteiger partial charge in [0.25, 0.3) is 0 Å². The number of hydrogen-bond acceptors (Lipinski definition) is 6. The zero-order valence-corrected chi connectivity index (χ0v) is 9.49. The third-order valence-corrected chi connectivity index (χ3v) is 2.31. The van der Waals surface area contributed by atoms with Gasteiger partial charge < -0.3 is 15.9 Å². The Morgan fingerprint density at radius 2 is 2.20 bits per heavy atom. The molecule has 2 atom stereocenters. The number of halogens is 1. The fourth-order valence-corrected chi connectivity index (χ4v) is 1.49. The molecule has 0 aromatic carbocycles. The summed E-state index contributed by atoms with van der Waals surface area (Å²) < 4.78 is 0. The number of nitrogens with zero attached hydrogens (tertiary/aromatic N) is 2. The summed E-state index contributed by atoms with van der Waals surface area (Å²) >= 11 is 9.50. The van der Waals surface area contributed by atoms with Crippen molar-refractivity contribution < 1.29 is 10.2 Å². The Morgan fingerprint density at radius 1 is 1.53 bits per heavy atom.